The molecule has 0 aliphatic heterocycles. The van der Waals surface area contributed by atoms with Crippen LogP contribution in [0.3, 0.4) is 0 Å². The van der Waals surface area contributed by atoms with Crippen LogP contribution in [-0.4, -0.2) is 0 Å². The molecule has 0 saturated carbocycles. The van der Waals surface area contributed by atoms with Crippen LogP contribution in [0.15, 0.2) is 45.6 Å². The van der Waals surface area contributed by atoms with Gasteiger partial charge in [-0.15, -0.1) is 0 Å². The summed E-state index contributed by atoms with van der Waals surface area (Å²) in [6.07, 6.45) is 0. The molecule has 0 aliphatic rings. The van der Waals surface area contributed by atoms with Crippen LogP contribution in [0.25, 0.3) is 0 Å². The first-order chi connectivity index (χ1) is 8.15. The van der Waals surface area contributed by atoms with Gasteiger partial charge in [0.1, 0.15) is 18.1 Å². The van der Waals surface area contributed by atoms with E-state index in [0.29, 0.717) is 18.1 Å². The lowest BCUT2D eigenvalue weighted by Gasteiger charge is -2.08. The van der Waals surface area contributed by atoms with Crippen molar-refractivity contribution >= 4 is 0 Å². The fourth-order valence-electron chi connectivity index (χ4n) is 1.59. The minimum atomic E-state index is -0.384. The number of hydrogen-bond acceptors (Lipinski definition) is 3. The standard InChI is InChI=1S/C14H14O3/c1-10-5-3-4-6-12(10)9-16-13-7-11(2)17-14(15)8-13/h3-8H,9H2,1-2H3. The van der Waals surface area contributed by atoms with Gasteiger partial charge in [-0.25, -0.2) is 4.79 Å². The van der Waals surface area contributed by atoms with Crippen LogP contribution in [0.4, 0.5) is 0 Å². The summed E-state index contributed by atoms with van der Waals surface area (Å²) in [5, 5.41) is 0. The van der Waals surface area contributed by atoms with Crippen LogP contribution < -0.4 is 10.4 Å². The highest BCUT2D eigenvalue weighted by atomic mass is 16.5. The Hall–Kier alpha value is -2.03. The van der Waals surface area contributed by atoms with Gasteiger partial charge in [-0.05, 0) is 25.0 Å². The number of ether oxygens (including phenoxy) is 1. The van der Waals surface area contributed by atoms with Gasteiger partial charge in [0.2, 0.25) is 0 Å². The van der Waals surface area contributed by atoms with Crippen molar-refractivity contribution in [2.24, 2.45) is 0 Å². The molecule has 88 valence electrons. The predicted octanol–water partition coefficient (Wildman–Crippen LogP) is 2.84. The number of rotatable bonds is 3. The van der Waals surface area contributed by atoms with E-state index in [0.717, 1.165) is 5.56 Å². The molecule has 0 amide bonds. The second-order valence-electron chi connectivity index (χ2n) is 3.94. The molecule has 0 spiro atoms. The third-order valence-corrected chi connectivity index (χ3v) is 2.52. The normalized spacial score (nSPS) is 10.2. The highest BCUT2D eigenvalue weighted by Crippen LogP contribution is 2.14. The highest BCUT2D eigenvalue weighted by Gasteiger charge is 2.01. The monoisotopic (exact) mass is 230 g/mol. The summed E-state index contributed by atoms with van der Waals surface area (Å²) in [5.74, 6) is 1.10. The van der Waals surface area contributed by atoms with E-state index in [-0.39, 0.29) is 5.63 Å². The highest BCUT2D eigenvalue weighted by molar-refractivity contribution is 5.26. The van der Waals surface area contributed by atoms with Crippen LogP contribution in [0.2, 0.25) is 0 Å². The molecular formula is C14H14O3. The van der Waals surface area contributed by atoms with Gasteiger partial charge >= 0.3 is 5.63 Å². The summed E-state index contributed by atoms with van der Waals surface area (Å²) < 4.78 is 10.4. The second-order valence-corrected chi connectivity index (χ2v) is 3.94. The zero-order valence-electron chi connectivity index (χ0n) is 9.90. The van der Waals surface area contributed by atoms with Crippen LogP contribution in [0.1, 0.15) is 16.9 Å². The van der Waals surface area contributed by atoms with E-state index < -0.39 is 0 Å². The summed E-state index contributed by atoms with van der Waals surface area (Å²) in [4.78, 5) is 11.1. The maximum absolute atomic E-state index is 11.1. The molecule has 0 atom stereocenters. The van der Waals surface area contributed by atoms with Gasteiger partial charge < -0.3 is 9.15 Å². The number of hydrogen-bond donors (Lipinski definition) is 0. The first-order valence-electron chi connectivity index (χ1n) is 5.44. The molecule has 0 saturated heterocycles. The van der Waals surface area contributed by atoms with Crippen LogP contribution in [0.5, 0.6) is 5.75 Å². The largest absolute Gasteiger partial charge is 0.488 e. The minimum Gasteiger partial charge on any atom is -0.488 e. The van der Waals surface area contributed by atoms with E-state index in [1.54, 1.807) is 13.0 Å². The van der Waals surface area contributed by atoms with Crippen molar-refractivity contribution in [2.75, 3.05) is 0 Å². The average molecular weight is 230 g/mol. The number of aryl methyl sites for hydroxylation is 2. The zero-order chi connectivity index (χ0) is 12.3. The van der Waals surface area contributed by atoms with Crippen molar-refractivity contribution in [3.63, 3.8) is 0 Å². The van der Waals surface area contributed by atoms with E-state index in [2.05, 4.69) is 0 Å². The Morgan fingerprint density at radius 3 is 2.65 bits per heavy atom. The average Bonchev–Trinajstić information content (AvgIpc) is 2.27. The van der Waals surface area contributed by atoms with E-state index in [9.17, 15) is 4.79 Å². The van der Waals surface area contributed by atoms with E-state index in [1.165, 1.54) is 11.6 Å². The smallest absolute Gasteiger partial charge is 0.339 e. The third kappa shape index (κ3) is 2.97. The first-order valence-corrected chi connectivity index (χ1v) is 5.44. The molecule has 0 N–H and O–H groups in total. The van der Waals surface area contributed by atoms with Crippen LogP contribution in [-0.2, 0) is 6.61 Å². The SMILES string of the molecule is Cc1cc(OCc2ccccc2C)cc(=O)o1. The molecule has 1 heterocycles. The van der Waals surface area contributed by atoms with Gasteiger partial charge in [-0.3, -0.25) is 0 Å². The lowest BCUT2D eigenvalue weighted by molar-refractivity contribution is 0.299. The Balaban J connectivity index is 2.13. The molecule has 0 fully saturated rings. The van der Waals surface area contributed by atoms with Gasteiger partial charge in [-0.1, -0.05) is 24.3 Å². The van der Waals surface area contributed by atoms with Crippen molar-refractivity contribution in [3.8, 4) is 5.75 Å². The molecule has 0 bridgehead atoms. The summed E-state index contributed by atoms with van der Waals surface area (Å²) in [7, 11) is 0. The fraction of sp³-hybridized carbons (Fsp3) is 0.214. The lowest BCUT2D eigenvalue weighted by atomic mass is 10.1. The lowest BCUT2D eigenvalue weighted by Crippen LogP contribution is -2.02. The molecule has 0 unspecified atom stereocenters. The van der Waals surface area contributed by atoms with Crippen molar-refractivity contribution in [1.29, 1.82) is 0 Å². The summed E-state index contributed by atoms with van der Waals surface area (Å²) >= 11 is 0. The Kier molecular flexibility index (Phi) is 3.28. The summed E-state index contributed by atoms with van der Waals surface area (Å²) in [5.41, 5.74) is 1.90. The molecule has 2 rings (SSSR count). The van der Waals surface area contributed by atoms with Gasteiger partial charge in [-0.2, -0.15) is 0 Å². The quantitative estimate of drug-likeness (QED) is 0.813. The number of benzene rings is 1. The zero-order valence-corrected chi connectivity index (χ0v) is 9.90. The second kappa shape index (κ2) is 4.87. The van der Waals surface area contributed by atoms with Crippen molar-refractivity contribution < 1.29 is 9.15 Å². The topological polar surface area (TPSA) is 39.4 Å². The van der Waals surface area contributed by atoms with Gasteiger partial charge in [0.15, 0.2) is 0 Å². The molecule has 3 heteroatoms. The molecule has 1 aromatic carbocycles. The Morgan fingerprint density at radius 1 is 1.18 bits per heavy atom. The van der Waals surface area contributed by atoms with E-state index >= 15 is 0 Å². The Bertz CT molecular complexity index is 570. The molecule has 3 nitrogen and oxygen atoms in total. The van der Waals surface area contributed by atoms with Crippen molar-refractivity contribution in [3.05, 3.63) is 63.7 Å². The van der Waals surface area contributed by atoms with E-state index in [4.69, 9.17) is 9.15 Å². The summed E-state index contributed by atoms with van der Waals surface area (Å²) in [6, 6.07) is 11.1. The van der Waals surface area contributed by atoms with Crippen molar-refractivity contribution in [1.82, 2.24) is 0 Å². The molecule has 2 aromatic rings. The minimum absolute atomic E-state index is 0.384. The molecule has 0 radical (unpaired) electrons. The van der Waals surface area contributed by atoms with Crippen LogP contribution in [0, 0.1) is 13.8 Å². The molecule has 0 aliphatic carbocycles. The Labute approximate surface area is 99.7 Å². The predicted molar refractivity (Wildman–Crippen MR) is 65.2 cm³/mol. The van der Waals surface area contributed by atoms with E-state index in [1.807, 2.05) is 31.2 Å². The molecule has 17 heavy (non-hydrogen) atoms. The van der Waals surface area contributed by atoms with Crippen LogP contribution >= 0.6 is 0 Å². The fourth-order valence-corrected chi connectivity index (χ4v) is 1.59. The first kappa shape index (κ1) is 11.5. The molecule has 1 aromatic heterocycles. The third-order valence-electron chi connectivity index (χ3n) is 2.52. The molecular weight excluding hydrogens is 216 g/mol. The maximum Gasteiger partial charge on any atom is 0.339 e. The maximum atomic E-state index is 11.1. The van der Waals surface area contributed by atoms with Crippen molar-refractivity contribution in [2.45, 2.75) is 20.5 Å². The van der Waals surface area contributed by atoms with Gasteiger partial charge in [0.25, 0.3) is 0 Å². The Morgan fingerprint density at radius 2 is 1.94 bits per heavy atom. The van der Waals surface area contributed by atoms with Gasteiger partial charge in [0.05, 0.1) is 6.07 Å². The van der Waals surface area contributed by atoms with Gasteiger partial charge in [0, 0.05) is 6.07 Å². The summed E-state index contributed by atoms with van der Waals surface area (Å²) in [6.45, 7) is 4.21.